The van der Waals surface area contributed by atoms with Crippen LogP contribution >= 0.6 is 11.8 Å². The van der Waals surface area contributed by atoms with Gasteiger partial charge in [-0.15, -0.1) is 0 Å². The second kappa shape index (κ2) is 10.5. The number of nitrogens with zero attached hydrogens (tertiary/aromatic N) is 2. The summed E-state index contributed by atoms with van der Waals surface area (Å²) in [6.45, 7) is 9.02. The highest BCUT2D eigenvalue weighted by molar-refractivity contribution is 7.99. The number of hydrogen-bond donors (Lipinski definition) is 2. The van der Waals surface area contributed by atoms with Crippen LogP contribution in [0.4, 0.5) is 13.2 Å². The van der Waals surface area contributed by atoms with Crippen molar-refractivity contribution in [3.05, 3.63) is 0 Å². The molecule has 1 aliphatic heterocycles. The minimum Gasteiger partial charge on any atom is -0.357 e. The molecule has 1 saturated heterocycles. The van der Waals surface area contributed by atoms with Crippen LogP contribution in [0.3, 0.4) is 0 Å². The summed E-state index contributed by atoms with van der Waals surface area (Å²) >= 11 is 1.79. The number of aliphatic imine (C=N–C) groups is 1. The zero-order valence-electron chi connectivity index (χ0n) is 15.9. The monoisotopic (exact) mass is 382 g/mol. The van der Waals surface area contributed by atoms with Gasteiger partial charge in [-0.1, -0.05) is 0 Å². The van der Waals surface area contributed by atoms with E-state index in [4.69, 9.17) is 0 Å². The summed E-state index contributed by atoms with van der Waals surface area (Å²) in [5.74, 6) is 1.31. The number of nitrogens with one attached hydrogen (secondary N) is 2. The molecule has 8 heteroatoms. The van der Waals surface area contributed by atoms with E-state index in [0.717, 1.165) is 44.9 Å². The second-order valence-electron chi connectivity index (χ2n) is 7.21. The molecule has 0 amide bonds. The molecule has 0 bridgehead atoms. The summed E-state index contributed by atoms with van der Waals surface area (Å²) in [5, 5.41) is 6.60. The van der Waals surface area contributed by atoms with Crippen LogP contribution in [0, 0.1) is 5.92 Å². The van der Waals surface area contributed by atoms with Gasteiger partial charge >= 0.3 is 6.18 Å². The molecule has 0 saturated carbocycles. The van der Waals surface area contributed by atoms with E-state index >= 15 is 0 Å². The average molecular weight is 383 g/mol. The third-order valence-electron chi connectivity index (χ3n) is 4.47. The summed E-state index contributed by atoms with van der Waals surface area (Å²) < 4.78 is 37.3. The quantitative estimate of drug-likeness (QED) is 0.499. The number of hydrogen-bond acceptors (Lipinski definition) is 3. The molecule has 1 aliphatic rings. The summed E-state index contributed by atoms with van der Waals surface area (Å²) in [7, 11) is 0. The lowest BCUT2D eigenvalue weighted by molar-refractivity contribution is -0.148. The largest absolute Gasteiger partial charge is 0.401 e. The molecule has 0 radical (unpaired) electrons. The fourth-order valence-electron chi connectivity index (χ4n) is 2.76. The van der Waals surface area contributed by atoms with Gasteiger partial charge in [-0.3, -0.25) is 9.89 Å². The molecule has 0 spiro atoms. The van der Waals surface area contributed by atoms with Crippen molar-refractivity contribution >= 4 is 17.7 Å². The van der Waals surface area contributed by atoms with E-state index in [-0.39, 0.29) is 4.75 Å². The first-order valence-electron chi connectivity index (χ1n) is 9.01. The number of likely N-dealkylation sites (tertiary alicyclic amines) is 1. The summed E-state index contributed by atoms with van der Waals surface area (Å²) in [5.41, 5.74) is 0. The Balaban J connectivity index is 2.31. The molecule has 0 aliphatic carbocycles. The summed E-state index contributed by atoms with van der Waals surface area (Å²) in [4.78, 5) is 6.15. The first-order chi connectivity index (χ1) is 11.6. The van der Waals surface area contributed by atoms with Crippen molar-refractivity contribution in [2.45, 2.75) is 51.0 Å². The van der Waals surface area contributed by atoms with Crippen LogP contribution in [0.1, 0.15) is 40.0 Å². The van der Waals surface area contributed by atoms with Crippen LogP contribution < -0.4 is 10.6 Å². The molecule has 4 nitrogen and oxygen atoms in total. The molecule has 0 atom stereocenters. The molecule has 1 fully saturated rings. The molecule has 0 unspecified atom stereocenters. The van der Waals surface area contributed by atoms with Crippen LogP contribution in [-0.4, -0.2) is 67.3 Å². The van der Waals surface area contributed by atoms with Crippen LogP contribution in [0.5, 0.6) is 0 Å². The predicted octanol–water partition coefficient (Wildman–Crippen LogP) is 3.35. The van der Waals surface area contributed by atoms with Crippen molar-refractivity contribution in [3.8, 4) is 0 Å². The van der Waals surface area contributed by atoms with Crippen LogP contribution in [0.25, 0.3) is 0 Å². The van der Waals surface area contributed by atoms with Crippen molar-refractivity contribution in [3.63, 3.8) is 0 Å². The SMILES string of the molecule is CCNC(=NCC(C)(C)SC)NCCC1CCN(CC(F)(F)F)CC1. The molecule has 2 N–H and O–H groups in total. The Hall–Kier alpha value is -0.630. The first kappa shape index (κ1) is 22.4. The minimum absolute atomic E-state index is 0.105. The zero-order chi connectivity index (χ0) is 18.9. The standard InChI is InChI=1S/C17H33F3N4S/c1-5-21-15(23-12-16(2,3)25-4)22-9-6-14-7-10-24(11-8-14)13-17(18,19)20/h14H,5-13H2,1-4H3,(H2,21,22,23). The molecule has 1 rings (SSSR count). The molecule has 0 aromatic carbocycles. The number of rotatable bonds is 8. The Morgan fingerprint density at radius 2 is 1.84 bits per heavy atom. The van der Waals surface area contributed by atoms with Gasteiger partial charge in [-0.2, -0.15) is 24.9 Å². The van der Waals surface area contributed by atoms with E-state index in [1.165, 1.54) is 4.90 Å². The highest BCUT2D eigenvalue weighted by atomic mass is 32.2. The fourth-order valence-corrected chi connectivity index (χ4v) is 2.95. The number of piperidine rings is 1. The van der Waals surface area contributed by atoms with E-state index in [2.05, 4.69) is 35.7 Å². The Morgan fingerprint density at radius 3 is 2.36 bits per heavy atom. The fraction of sp³-hybridized carbons (Fsp3) is 0.941. The predicted molar refractivity (Wildman–Crippen MR) is 101 cm³/mol. The minimum atomic E-state index is -4.09. The second-order valence-corrected chi connectivity index (χ2v) is 8.72. The highest BCUT2D eigenvalue weighted by Crippen LogP contribution is 2.24. The Morgan fingerprint density at radius 1 is 1.20 bits per heavy atom. The normalized spacial score (nSPS) is 18.4. The van der Waals surface area contributed by atoms with Crippen molar-refractivity contribution in [2.24, 2.45) is 10.9 Å². The average Bonchev–Trinajstić information content (AvgIpc) is 2.53. The van der Waals surface area contributed by atoms with E-state index < -0.39 is 12.7 Å². The lowest BCUT2D eigenvalue weighted by Gasteiger charge is -2.32. The van der Waals surface area contributed by atoms with Gasteiger partial charge in [0.15, 0.2) is 5.96 Å². The van der Waals surface area contributed by atoms with Gasteiger partial charge in [0.2, 0.25) is 0 Å². The summed E-state index contributed by atoms with van der Waals surface area (Å²) in [6, 6.07) is 0. The van der Waals surface area contributed by atoms with Crippen LogP contribution in [0.2, 0.25) is 0 Å². The maximum atomic E-state index is 12.4. The Kier molecular flexibility index (Phi) is 9.41. The van der Waals surface area contributed by atoms with E-state index in [0.29, 0.717) is 19.0 Å². The van der Waals surface area contributed by atoms with Gasteiger partial charge in [-0.05, 0) is 65.3 Å². The number of guanidine groups is 1. The topological polar surface area (TPSA) is 39.7 Å². The Labute approximate surface area is 154 Å². The smallest absolute Gasteiger partial charge is 0.357 e. The lowest BCUT2D eigenvalue weighted by atomic mass is 9.93. The van der Waals surface area contributed by atoms with Crippen molar-refractivity contribution in [2.75, 3.05) is 45.5 Å². The Bertz CT molecular complexity index is 405. The van der Waals surface area contributed by atoms with Gasteiger partial charge in [0.1, 0.15) is 0 Å². The van der Waals surface area contributed by atoms with Gasteiger partial charge < -0.3 is 10.6 Å². The van der Waals surface area contributed by atoms with Crippen molar-refractivity contribution in [1.29, 1.82) is 0 Å². The molecule has 0 aromatic heterocycles. The summed E-state index contributed by atoms with van der Waals surface area (Å²) in [6.07, 6.45) is 0.642. The van der Waals surface area contributed by atoms with Gasteiger partial charge in [-0.25, -0.2) is 0 Å². The maximum absolute atomic E-state index is 12.4. The highest BCUT2D eigenvalue weighted by Gasteiger charge is 2.32. The van der Waals surface area contributed by atoms with Gasteiger partial charge in [0, 0.05) is 17.8 Å². The number of thioether (sulfide) groups is 1. The lowest BCUT2D eigenvalue weighted by Crippen LogP contribution is -2.42. The molecule has 0 aromatic rings. The van der Waals surface area contributed by atoms with Crippen molar-refractivity contribution in [1.82, 2.24) is 15.5 Å². The first-order valence-corrected chi connectivity index (χ1v) is 10.2. The number of alkyl halides is 3. The van der Waals surface area contributed by atoms with Crippen LogP contribution in [0.15, 0.2) is 4.99 Å². The van der Waals surface area contributed by atoms with Gasteiger partial charge in [0.05, 0.1) is 13.1 Å². The third kappa shape index (κ3) is 10.2. The van der Waals surface area contributed by atoms with Gasteiger partial charge in [0.25, 0.3) is 0 Å². The molecule has 25 heavy (non-hydrogen) atoms. The van der Waals surface area contributed by atoms with E-state index in [1.807, 2.05) is 6.92 Å². The molecule has 1 heterocycles. The molecular weight excluding hydrogens is 349 g/mol. The molecule has 148 valence electrons. The number of halogens is 3. The van der Waals surface area contributed by atoms with Crippen LogP contribution in [-0.2, 0) is 0 Å². The zero-order valence-corrected chi connectivity index (χ0v) is 16.7. The maximum Gasteiger partial charge on any atom is 0.401 e. The van der Waals surface area contributed by atoms with Crippen molar-refractivity contribution < 1.29 is 13.2 Å². The van der Waals surface area contributed by atoms with E-state index in [9.17, 15) is 13.2 Å². The molecular formula is C17H33F3N4S. The third-order valence-corrected chi connectivity index (χ3v) is 5.70. The van der Waals surface area contributed by atoms with E-state index in [1.54, 1.807) is 11.8 Å².